The van der Waals surface area contributed by atoms with Gasteiger partial charge in [-0.15, -0.1) is 0 Å². The summed E-state index contributed by atoms with van der Waals surface area (Å²) in [5.74, 6) is -0.439. The topological polar surface area (TPSA) is 185 Å². The Morgan fingerprint density at radius 1 is 0.935 bits per heavy atom. The number of carbonyl (C=O) groups excluding carboxylic acids is 2. The number of hydrogen-bond acceptors (Lipinski definition) is 12. The van der Waals surface area contributed by atoms with Crippen molar-refractivity contribution in [3.8, 4) is 0 Å². The molecule has 348 valence electrons. The number of aliphatic hydroxyl groups is 2. The number of amides is 2. The molecular formula is C44H73N5O11Si2. The van der Waals surface area contributed by atoms with Crippen molar-refractivity contribution in [3.63, 3.8) is 0 Å². The van der Waals surface area contributed by atoms with Gasteiger partial charge in [0.25, 0.3) is 5.56 Å². The Morgan fingerprint density at radius 2 is 1.52 bits per heavy atom. The molecule has 1 aromatic carbocycles. The smallest absolute Gasteiger partial charge is 0.412 e. The van der Waals surface area contributed by atoms with E-state index in [1.807, 2.05) is 24.3 Å². The van der Waals surface area contributed by atoms with Crippen LogP contribution in [0, 0.1) is 0 Å². The predicted molar refractivity (Wildman–Crippen MR) is 242 cm³/mol. The molecular weight excluding hydrogens is 831 g/mol. The normalized spacial score (nSPS) is 24.9. The minimum Gasteiger partial charge on any atom is -0.444 e. The van der Waals surface area contributed by atoms with Gasteiger partial charge in [0.2, 0.25) is 5.91 Å². The Labute approximate surface area is 369 Å². The van der Waals surface area contributed by atoms with Crippen LogP contribution in [0.5, 0.6) is 0 Å². The summed E-state index contributed by atoms with van der Waals surface area (Å²) in [4.78, 5) is 61.7. The Bertz CT molecular complexity index is 2050. The molecule has 2 saturated heterocycles. The predicted octanol–water partition coefficient (Wildman–Crippen LogP) is 5.20. The monoisotopic (exact) mass is 903 g/mol. The maximum Gasteiger partial charge on any atom is 0.412 e. The molecule has 4 heterocycles. The third-order valence-electron chi connectivity index (χ3n) is 13.4. The van der Waals surface area contributed by atoms with E-state index in [9.17, 15) is 24.6 Å². The summed E-state index contributed by atoms with van der Waals surface area (Å²) in [6.45, 7) is 29.8. The zero-order chi connectivity index (χ0) is 46.7. The van der Waals surface area contributed by atoms with Gasteiger partial charge in [-0.25, -0.2) is 9.59 Å². The standard InChI is InChI=1S/C44H73N5O11Si2/c1-41(2,3)58-40(55)49-29(26-56-44(49,10)11)30(50)25-46(12)32(37(53)47-23-21-27-19-17-18-20-28(27)47)33(52)34-35(59-61(13,14)42(4,5)6)36(60-62(15,16)43(7,8)9)38(57-34)48-24-22-31(51)45-39(48)54/h17-20,22,24,29-30,32-36,38,50,52H,21,23,25-26H2,1-16H3,(H,45,51,54)/t29-,30+,32-,33+,34-,35-,36-,38-/m1/s1. The molecule has 0 unspecified atom stereocenters. The summed E-state index contributed by atoms with van der Waals surface area (Å²) in [7, 11) is -3.80. The third kappa shape index (κ3) is 10.3. The van der Waals surface area contributed by atoms with Crippen LogP contribution in [0.15, 0.2) is 46.1 Å². The zero-order valence-electron chi connectivity index (χ0n) is 39.8. The van der Waals surface area contributed by atoms with Crippen LogP contribution in [0.1, 0.15) is 88.0 Å². The highest BCUT2D eigenvalue weighted by Gasteiger charge is 2.59. The van der Waals surface area contributed by atoms with Crippen molar-refractivity contribution in [3.05, 3.63) is 62.9 Å². The number of likely N-dealkylation sites (N-methyl/N-ethyl adjacent to an activating group) is 1. The first kappa shape index (κ1) is 49.8. The lowest BCUT2D eigenvalue weighted by molar-refractivity contribution is -0.140. The van der Waals surface area contributed by atoms with Crippen molar-refractivity contribution >= 4 is 34.3 Å². The molecule has 0 radical (unpaired) electrons. The molecule has 1 aromatic heterocycles. The summed E-state index contributed by atoms with van der Waals surface area (Å²) in [5, 5.41) is 24.5. The lowest BCUT2D eigenvalue weighted by atomic mass is 9.96. The molecule has 0 saturated carbocycles. The van der Waals surface area contributed by atoms with E-state index in [-0.39, 0.29) is 23.2 Å². The molecule has 5 rings (SSSR count). The second kappa shape index (κ2) is 17.6. The summed E-state index contributed by atoms with van der Waals surface area (Å²) < 4.78 is 34.3. The minimum absolute atomic E-state index is 0.00184. The second-order valence-corrected chi connectivity index (χ2v) is 31.2. The molecule has 3 aliphatic rings. The largest absolute Gasteiger partial charge is 0.444 e. The first-order valence-corrected chi connectivity index (χ1v) is 27.5. The van der Waals surface area contributed by atoms with Crippen molar-refractivity contribution < 1.29 is 42.9 Å². The number of carbonyl (C=O) groups is 2. The van der Waals surface area contributed by atoms with E-state index in [0.29, 0.717) is 18.7 Å². The number of aromatic amines is 1. The van der Waals surface area contributed by atoms with Crippen LogP contribution in [0.4, 0.5) is 10.5 Å². The van der Waals surface area contributed by atoms with Crippen molar-refractivity contribution in [1.82, 2.24) is 19.4 Å². The number of fused-ring (bicyclic) bond motifs is 1. The fraction of sp³-hybridized carbons (Fsp3) is 0.727. The van der Waals surface area contributed by atoms with Crippen molar-refractivity contribution in [1.29, 1.82) is 0 Å². The van der Waals surface area contributed by atoms with Gasteiger partial charge >= 0.3 is 11.8 Å². The summed E-state index contributed by atoms with van der Waals surface area (Å²) >= 11 is 0. The highest BCUT2D eigenvalue weighted by Crippen LogP contribution is 2.47. The number of nitrogens with one attached hydrogen (secondary N) is 1. The number of anilines is 1. The van der Waals surface area contributed by atoms with Gasteiger partial charge in [-0.05, 0) is 96.0 Å². The number of hydrogen-bond donors (Lipinski definition) is 3. The van der Waals surface area contributed by atoms with Crippen LogP contribution in [-0.4, -0.2) is 139 Å². The van der Waals surface area contributed by atoms with Gasteiger partial charge in [0.15, 0.2) is 22.9 Å². The number of H-pyrrole nitrogens is 1. The van der Waals surface area contributed by atoms with Gasteiger partial charge in [0.05, 0.1) is 18.8 Å². The molecule has 3 N–H and O–H groups in total. The van der Waals surface area contributed by atoms with E-state index in [4.69, 9.17) is 23.1 Å². The first-order valence-electron chi connectivity index (χ1n) is 21.7. The van der Waals surface area contributed by atoms with Gasteiger partial charge < -0.3 is 38.2 Å². The van der Waals surface area contributed by atoms with Gasteiger partial charge in [-0.3, -0.25) is 28.9 Å². The second-order valence-electron chi connectivity index (χ2n) is 21.7. The molecule has 18 heteroatoms. The summed E-state index contributed by atoms with van der Waals surface area (Å²) in [6, 6.07) is 6.62. The quantitative estimate of drug-likeness (QED) is 0.237. The first-order chi connectivity index (χ1) is 28.3. The highest BCUT2D eigenvalue weighted by atomic mass is 28.4. The Kier molecular flexibility index (Phi) is 14.2. The van der Waals surface area contributed by atoms with E-state index < -0.39 is 100 Å². The molecule has 0 bridgehead atoms. The van der Waals surface area contributed by atoms with Crippen LogP contribution < -0.4 is 16.1 Å². The number of aliphatic hydroxyl groups excluding tert-OH is 2. The molecule has 0 spiro atoms. The lowest BCUT2D eigenvalue weighted by Crippen LogP contribution is -2.62. The molecule has 62 heavy (non-hydrogen) atoms. The highest BCUT2D eigenvalue weighted by molar-refractivity contribution is 6.74. The zero-order valence-corrected chi connectivity index (χ0v) is 41.8. The number of rotatable bonds is 12. The number of nitrogens with zero attached hydrogens (tertiary/aromatic N) is 4. The van der Waals surface area contributed by atoms with Gasteiger partial charge in [0.1, 0.15) is 41.8 Å². The van der Waals surface area contributed by atoms with Crippen molar-refractivity contribution in [2.24, 2.45) is 0 Å². The molecule has 2 aromatic rings. The fourth-order valence-corrected chi connectivity index (χ4v) is 10.5. The van der Waals surface area contributed by atoms with Crippen LogP contribution in [-0.2, 0) is 34.3 Å². The van der Waals surface area contributed by atoms with Crippen LogP contribution in [0.25, 0.3) is 0 Å². The molecule has 3 aliphatic heterocycles. The summed E-state index contributed by atoms with van der Waals surface area (Å²) in [6.07, 6.45) is -6.02. The van der Waals surface area contributed by atoms with E-state index in [1.54, 1.807) is 51.5 Å². The third-order valence-corrected chi connectivity index (χ3v) is 22.3. The van der Waals surface area contributed by atoms with E-state index in [1.165, 1.54) is 21.7 Å². The minimum atomic E-state index is -2.74. The SMILES string of the molecule is CN(C[C@H](O)[C@H]1COC(C)(C)N1C(=O)OC(C)(C)C)[C@@H](C(=O)N1CCc2ccccc21)[C@H](O)[C@H]1O[C@@H](n2ccc(=O)[nH]c2=O)[C@H](O[Si](C)(C)C(C)(C)C)[C@@H]1O[Si](C)(C)C(C)(C)C. The molecule has 0 aliphatic carbocycles. The number of benzene rings is 1. The molecule has 2 amide bonds. The maximum atomic E-state index is 15.2. The van der Waals surface area contributed by atoms with Crippen molar-refractivity contribution in [2.45, 2.75) is 179 Å². The number of ether oxygens (including phenoxy) is 3. The average molecular weight is 904 g/mol. The van der Waals surface area contributed by atoms with Gasteiger partial charge in [-0.2, -0.15) is 0 Å². The van der Waals surface area contributed by atoms with Crippen LogP contribution >= 0.6 is 0 Å². The molecule has 16 nitrogen and oxygen atoms in total. The van der Waals surface area contributed by atoms with Crippen molar-refractivity contribution in [2.75, 3.05) is 31.6 Å². The van der Waals surface area contributed by atoms with Crippen LogP contribution in [0.3, 0.4) is 0 Å². The lowest BCUT2D eigenvalue weighted by Gasteiger charge is -2.45. The molecule has 8 atom stereocenters. The average Bonchev–Trinajstić information content (AvgIpc) is 3.79. The maximum absolute atomic E-state index is 15.2. The van der Waals surface area contributed by atoms with Gasteiger partial charge in [0, 0.05) is 31.0 Å². The Balaban J connectivity index is 1.64. The number of para-hydroxylation sites is 1. The molecule has 2 fully saturated rings. The Morgan fingerprint density at radius 3 is 2.08 bits per heavy atom. The van der Waals surface area contributed by atoms with E-state index >= 15 is 4.79 Å². The fourth-order valence-electron chi connectivity index (χ4n) is 7.90. The Hall–Kier alpha value is -3.21. The van der Waals surface area contributed by atoms with E-state index in [2.05, 4.69) is 72.7 Å². The summed E-state index contributed by atoms with van der Waals surface area (Å²) in [5.41, 5.74) is -1.55. The van der Waals surface area contributed by atoms with E-state index in [0.717, 1.165) is 5.56 Å². The van der Waals surface area contributed by atoms with Gasteiger partial charge in [-0.1, -0.05) is 59.7 Å². The number of aromatic nitrogens is 2. The van der Waals surface area contributed by atoms with Crippen LogP contribution in [0.2, 0.25) is 36.3 Å².